The highest BCUT2D eigenvalue weighted by molar-refractivity contribution is 6.23. The molecule has 1 fully saturated rings. The Morgan fingerprint density at radius 1 is 0.577 bits per heavy atom. The number of aliphatic carboxylic acids is 7. The summed E-state index contributed by atoms with van der Waals surface area (Å²) in [5.41, 5.74) is -13.0. The molecule has 26 heavy (non-hydrogen) atoms. The lowest BCUT2D eigenvalue weighted by Crippen LogP contribution is -2.69. The second-order valence-corrected chi connectivity index (χ2v) is 5.39. The van der Waals surface area contributed by atoms with Crippen LogP contribution in [0.1, 0.15) is 6.42 Å². The molecule has 0 aliphatic heterocycles. The largest absolute Gasteiger partial charge is 0.481 e. The highest BCUT2D eigenvalue weighted by atomic mass is 16.4. The maximum atomic E-state index is 11.8. The van der Waals surface area contributed by atoms with Crippen molar-refractivity contribution in [2.75, 3.05) is 0 Å². The number of carboxylic acid groups (broad SMARTS) is 7. The van der Waals surface area contributed by atoms with Crippen LogP contribution in [-0.2, 0) is 33.6 Å². The standard InChI is InChI=1S/C12H10O14/c13-3(14)2-1-10(4(15)16,5(17)18)12(8(23)24,9(25)26)11(2,6(19)20)7(21)22/h2H,1H2,(H,13,14)(H,15,16)(H,17,18)(H,19,20)(H,21,22)(H,23,24)(H,25,26). The molecule has 0 radical (unpaired) electrons. The first-order chi connectivity index (χ1) is 11.7. The van der Waals surface area contributed by atoms with Crippen molar-refractivity contribution in [3.05, 3.63) is 0 Å². The second kappa shape index (κ2) is 5.68. The van der Waals surface area contributed by atoms with Crippen LogP contribution in [0.2, 0.25) is 0 Å². The van der Waals surface area contributed by atoms with E-state index in [1.807, 2.05) is 0 Å². The summed E-state index contributed by atoms with van der Waals surface area (Å²) in [5, 5.41) is 65.1. The van der Waals surface area contributed by atoms with Gasteiger partial charge in [-0.1, -0.05) is 0 Å². The predicted octanol–water partition coefficient (Wildman–Crippen LogP) is -2.44. The molecular weight excluding hydrogens is 368 g/mol. The Balaban J connectivity index is 4.43. The van der Waals surface area contributed by atoms with Crippen molar-refractivity contribution in [1.29, 1.82) is 0 Å². The minimum atomic E-state index is -4.58. The molecule has 142 valence electrons. The van der Waals surface area contributed by atoms with Crippen LogP contribution in [0.15, 0.2) is 0 Å². The molecule has 0 aromatic rings. The van der Waals surface area contributed by atoms with E-state index >= 15 is 0 Å². The topological polar surface area (TPSA) is 261 Å². The van der Waals surface area contributed by atoms with Crippen LogP contribution in [0.3, 0.4) is 0 Å². The third-order valence-corrected chi connectivity index (χ3v) is 4.61. The molecular formula is C12H10O14. The van der Waals surface area contributed by atoms with Gasteiger partial charge in [0, 0.05) is 0 Å². The van der Waals surface area contributed by atoms with E-state index in [0.29, 0.717) is 0 Å². The van der Waals surface area contributed by atoms with Gasteiger partial charge in [0.1, 0.15) is 0 Å². The fraction of sp³-hybridized carbons (Fsp3) is 0.417. The quantitative estimate of drug-likeness (QED) is 0.227. The fourth-order valence-corrected chi connectivity index (χ4v) is 3.57. The van der Waals surface area contributed by atoms with Crippen molar-refractivity contribution < 1.29 is 69.3 Å². The van der Waals surface area contributed by atoms with E-state index in [-0.39, 0.29) is 0 Å². The normalized spacial score (nSPS) is 22.1. The van der Waals surface area contributed by atoms with Gasteiger partial charge in [0.2, 0.25) is 10.8 Å². The number of carboxylic acids is 7. The first kappa shape index (κ1) is 20.3. The molecule has 1 rings (SSSR count). The lowest BCUT2D eigenvalue weighted by Gasteiger charge is -2.39. The van der Waals surface area contributed by atoms with Gasteiger partial charge in [0.05, 0.1) is 5.92 Å². The van der Waals surface area contributed by atoms with E-state index in [4.69, 9.17) is 5.11 Å². The average Bonchev–Trinajstić information content (AvgIpc) is 2.77. The lowest BCUT2D eigenvalue weighted by atomic mass is 9.54. The summed E-state index contributed by atoms with van der Waals surface area (Å²) in [7, 11) is 0. The number of rotatable bonds is 7. The Labute approximate surface area is 140 Å². The molecule has 0 heterocycles. The van der Waals surface area contributed by atoms with Gasteiger partial charge in [0.25, 0.3) is 0 Å². The molecule has 1 atom stereocenters. The van der Waals surface area contributed by atoms with Gasteiger partial charge in [-0.2, -0.15) is 0 Å². The summed E-state index contributed by atoms with van der Waals surface area (Å²) >= 11 is 0. The summed E-state index contributed by atoms with van der Waals surface area (Å²) in [6, 6.07) is 0. The smallest absolute Gasteiger partial charge is 0.324 e. The Kier molecular flexibility index (Phi) is 4.44. The van der Waals surface area contributed by atoms with Gasteiger partial charge in [0.15, 0.2) is 5.41 Å². The molecule has 0 amide bonds. The molecule has 0 saturated heterocycles. The molecule has 7 N–H and O–H groups in total. The molecule has 14 heteroatoms. The van der Waals surface area contributed by atoms with Crippen LogP contribution in [-0.4, -0.2) is 77.5 Å². The second-order valence-electron chi connectivity index (χ2n) is 5.39. The van der Waals surface area contributed by atoms with E-state index < -0.39 is 70.4 Å². The summed E-state index contributed by atoms with van der Waals surface area (Å²) in [5.74, 6) is -22.4. The van der Waals surface area contributed by atoms with Gasteiger partial charge < -0.3 is 35.7 Å². The van der Waals surface area contributed by atoms with Crippen molar-refractivity contribution in [3.8, 4) is 0 Å². The Bertz CT molecular complexity index is 718. The Morgan fingerprint density at radius 2 is 0.923 bits per heavy atom. The van der Waals surface area contributed by atoms with Crippen LogP contribution in [0, 0.1) is 22.2 Å². The SMILES string of the molecule is O=C(O)C1CC(C(=O)O)(C(=O)O)C(C(=O)O)(C(=O)O)C1(C(=O)O)C(=O)O. The van der Waals surface area contributed by atoms with Crippen molar-refractivity contribution in [3.63, 3.8) is 0 Å². The van der Waals surface area contributed by atoms with Gasteiger partial charge in [-0.3, -0.25) is 33.6 Å². The van der Waals surface area contributed by atoms with Crippen LogP contribution in [0.4, 0.5) is 0 Å². The maximum Gasteiger partial charge on any atom is 0.324 e. The number of carbonyl (C=O) groups is 7. The van der Waals surface area contributed by atoms with Crippen molar-refractivity contribution in [1.82, 2.24) is 0 Å². The maximum absolute atomic E-state index is 11.8. The zero-order valence-corrected chi connectivity index (χ0v) is 12.3. The predicted molar refractivity (Wildman–Crippen MR) is 68.9 cm³/mol. The van der Waals surface area contributed by atoms with E-state index in [1.165, 1.54) is 0 Å². The van der Waals surface area contributed by atoms with Crippen LogP contribution < -0.4 is 0 Å². The zero-order chi connectivity index (χ0) is 20.8. The third kappa shape index (κ3) is 1.77. The average molecular weight is 378 g/mol. The molecule has 0 spiro atoms. The zero-order valence-electron chi connectivity index (χ0n) is 12.3. The van der Waals surface area contributed by atoms with Crippen molar-refractivity contribution in [2.45, 2.75) is 6.42 Å². The molecule has 0 aromatic carbocycles. The van der Waals surface area contributed by atoms with E-state index in [2.05, 4.69) is 0 Å². The molecule has 14 nitrogen and oxygen atoms in total. The van der Waals surface area contributed by atoms with Crippen LogP contribution in [0.5, 0.6) is 0 Å². The van der Waals surface area contributed by atoms with E-state index in [9.17, 15) is 64.2 Å². The molecule has 1 unspecified atom stereocenters. The number of hydrogen-bond acceptors (Lipinski definition) is 7. The summed E-state index contributed by atoms with van der Waals surface area (Å²) in [6.45, 7) is 0. The molecule has 0 bridgehead atoms. The summed E-state index contributed by atoms with van der Waals surface area (Å²) in [6.07, 6.45) is -1.91. The molecule has 1 aliphatic rings. The number of hydrogen-bond donors (Lipinski definition) is 7. The van der Waals surface area contributed by atoms with Crippen LogP contribution >= 0.6 is 0 Å². The third-order valence-electron chi connectivity index (χ3n) is 4.61. The van der Waals surface area contributed by atoms with E-state index in [1.54, 1.807) is 0 Å². The molecule has 1 saturated carbocycles. The fourth-order valence-electron chi connectivity index (χ4n) is 3.57. The van der Waals surface area contributed by atoms with Gasteiger partial charge in [-0.15, -0.1) is 0 Å². The molecule has 0 aromatic heterocycles. The highest BCUT2D eigenvalue weighted by Crippen LogP contribution is 2.67. The Morgan fingerprint density at radius 3 is 1.12 bits per heavy atom. The summed E-state index contributed by atoms with van der Waals surface area (Å²) < 4.78 is 0. The first-order valence-corrected chi connectivity index (χ1v) is 6.33. The van der Waals surface area contributed by atoms with Crippen LogP contribution in [0.25, 0.3) is 0 Å². The minimum absolute atomic E-state index is 1.91. The lowest BCUT2D eigenvalue weighted by molar-refractivity contribution is -0.210. The van der Waals surface area contributed by atoms with Gasteiger partial charge in [-0.25, -0.2) is 0 Å². The van der Waals surface area contributed by atoms with Gasteiger partial charge in [-0.05, 0) is 6.42 Å². The minimum Gasteiger partial charge on any atom is -0.481 e. The monoisotopic (exact) mass is 378 g/mol. The molecule has 1 aliphatic carbocycles. The van der Waals surface area contributed by atoms with E-state index in [0.717, 1.165) is 0 Å². The van der Waals surface area contributed by atoms with Gasteiger partial charge >= 0.3 is 41.8 Å². The van der Waals surface area contributed by atoms with Crippen molar-refractivity contribution >= 4 is 41.8 Å². The van der Waals surface area contributed by atoms with Crippen molar-refractivity contribution in [2.24, 2.45) is 22.2 Å². The highest BCUT2D eigenvalue weighted by Gasteiger charge is 2.92. The Hall–Kier alpha value is -3.71. The first-order valence-electron chi connectivity index (χ1n) is 6.33. The summed E-state index contributed by atoms with van der Waals surface area (Å²) in [4.78, 5) is 81.5.